The summed E-state index contributed by atoms with van der Waals surface area (Å²) in [6.07, 6.45) is 0.611. The Morgan fingerprint density at radius 1 is 1.57 bits per heavy atom. The van der Waals surface area contributed by atoms with Gasteiger partial charge < -0.3 is 15.8 Å². The highest BCUT2D eigenvalue weighted by Crippen LogP contribution is 2.25. The number of nitrogens with one attached hydrogen (secondary N) is 1. The smallest absolute Gasteiger partial charge is 0.273 e. The molecule has 1 fully saturated rings. The highest BCUT2D eigenvalue weighted by atomic mass is 16.6. The van der Waals surface area contributed by atoms with Gasteiger partial charge in [0.05, 0.1) is 17.1 Å². The number of rotatable bonds is 5. The van der Waals surface area contributed by atoms with Crippen molar-refractivity contribution in [3.05, 3.63) is 39.4 Å². The zero-order valence-corrected chi connectivity index (χ0v) is 12.0. The first-order valence-corrected chi connectivity index (χ1v) is 6.87. The molecule has 114 valence electrons. The highest BCUT2D eigenvalue weighted by molar-refractivity contribution is 5.96. The minimum Gasteiger partial charge on any atom is -0.376 e. The summed E-state index contributed by atoms with van der Waals surface area (Å²) in [5.41, 5.74) is 6.45. The van der Waals surface area contributed by atoms with Gasteiger partial charge in [-0.25, -0.2) is 0 Å². The predicted molar refractivity (Wildman–Crippen MR) is 77.1 cm³/mol. The van der Waals surface area contributed by atoms with Crippen LogP contribution >= 0.6 is 0 Å². The van der Waals surface area contributed by atoms with Crippen molar-refractivity contribution in [3.8, 4) is 0 Å². The van der Waals surface area contributed by atoms with Gasteiger partial charge in [-0.15, -0.1) is 0 Å². The maximum atomic E-state index is 12.3. The van der Waals surface area contributed by atoms with Crippen LogP contribution in [0.3, 0.4) is 0 Å². The van der Waals surface area contributed by atoms with Gasteiger partial charge >= 0.3 is 0 Å². The van der Waals surface area contributed by atoms with E-state index in [-0.39, 0.29) is 29.8 Å². The molecule has 1 aliphatic rings. The molecule has 7 nitrogen and oxygen atoms in total. The van der Waals surface area contributed by atoms with E-state index in [0.717, 1.165) is 0 Å². The molecular formula is C14H19N3O4. The van der Waals surface area contributed by atoms with E-state index in [2.05, 4.69) is 5.32 Å². The van der Waals surface area contributed by atoms with Crippen molar-refractivity contribution >= 4 is 11.6 Å². The summed E-state index contributed by atoms with van der Waals surface area (Å²) >= 11 is 0. The fraction of sp³-hybridized carbons (Fsp3) is 0.500. The molecule has 1 aromatic carbocycles. The lowest BCUT2D eigenvalue weighted by molar-refractivity contribution is -0.385. The molecule has 0 bridgehead atoms. The molecule has 2 rings (SSSR count). The minimum absolute atomic E-state index is 0.0677. The Kier molecular flexibility index (Phi) is 4.54. The number of benzene rings is 1. The summed E-state index contributed by atoms with van der Waals surface area (Å²) in [6.45, 7) is 4.00. The SMILES string of the molecule is CCOC1CC(N)C1NC(=O)c1cccc([N+](=O)[O-])c1C. The van der Waals surface area contributed by atoms with Crippen LogP contribution in [0.25, 0.3) is 0 Å². The lowest BCUT2D eigenvalue weighted by Crippen LogP contribution is -2.64. The Balaban J connectivity index is 2.14. The van der Waals surface area contributed by atoms with Crippen LogP contribution in [-0.2, 0) is 4.74 Å². The van der Waals surface area contributed by atoms with E-state index in [1.165, 1.54) is 12.1 Å². The van der Waals surface area contributed by atoms with Crippen LogP contribution in [0, 0.1) is 17.0 Å². The Morgan fingerprint density at radius 2 is 2.29 bits per heavy atom. The number of amides is 1. The maximum absolute atomic E-state index is 12.3. The van der Waals surface area contributed by atoms with Crippen LogP contribution in [0.15, 0.2) is 18.2 Å². The van der Waals surface area contributed by atoms with Gasteiger partial charge in [-0.3, -0.25) is 14.9 Å². The molecular weight excluding hydrogens is 274 g/mol. The molecule has 0 aliphatic heterocycles. The van der Waals surface area contributed by atoms with Crippen LogP contribution in [-0.4, -0.2) is 35.6 Å². The quantitative estimate of drug-likeness (QED) is 0.625. The van der Waals surface area contributed by atoms with E-state index < -0.39 is 4.92 Å². The van der Waals surface area contributed by atoms with Gasteiger partial charge in [0.1, 0.15) is 0 Å². The number of nitrogens with zero attached hydrogens (tertiary/aromatic N) is 1. The Bertz CT molecular complexity index is 559. The van der Waals surface area contributed by atoms with Crippen LogP contribution in [0.1, 0.15) is 29.3 Å². The van der Waals surface area contributed by atoms with Gasteiger partial charge in [0.25, 0.3) is 11.6 Å². The minimum atomic E-state index is -0.496. The first-order valence-electron chi connectivity index (χ1n) is 6.87. The first-order chi connectivity index (χ1) is 9.95. The van der Waals surface area contributed by atoms with Gasteiger partial charge in [-0.1, -0.05) is 6.07 Å². The number of hydrogen-bond donors (Lipinski definition) is 2. The van der Waals surface area contributed by atoms with Crippen LogP contribution in [0.2, 0.25) is 0 Å². The lowest BCUT2D eigenvalue weighted by atomic mass is 9.83. The lowest BCUT2D eigenvalue weighted by Gasteiger charge is -2.42. The van der Waals surface area contributed by atoms with Gasteiger partial charge in [0.2, 0.25) is 0 Å². The van der Waals surface area contributed by atoms with E-state index in [1.54, 1.807) is 13.0 Å². The molecule has 21 heavy (non-hydrogen) atoms. The molecule has 0 saturated heterocycles. The summed E-state index contributed by atoms with van der Waals surface area (Å²) in [5.74, 6) is -0.360. The average Bonchev–Trinajstić information content (AvgIpc) is 2.44. The molecule has 0 radical (unpaired) electrons. The molecule has 3 N–H and O–H groups in total. The topological polar surface area (TPSA) is 107 Å². The molecule has 0 aromatic heterocycles. The van der Waals surface area contributed by atoms with Crippen LogP contribution in [0.5, 0.6) is 0 Å². The van der Waals surface area contributed by atoms with Crippen molar-refractivity contribution in [3.63, 3.8) is 0 Å². The number of nitrogens with two attached hydrogens (primary N) is 1. The zero-order valence-electron chi connectivity index (χ0n) is 12.0. The molecule has 1 aliphatic carbocycles. The zero-order chi connectivity index (χ0) is 15.6. The second-order valence-corrected chi connectivity index (χ2v) is 5.10. The summed E-state index contributed by atoms with van der Waals surface area (Å²) in [7, 11) is 0. The van der Waals surface area contributed by atoms with Gasteiger partial charge in [0, 0.05) is 29.8 Å². The van der Waals surface area contributed by atoms with E-state index >= 15 is 0 Å². The second kappa shape index (κ2) is 6.19. The van der Waals surface area contributed by atoms with Crippen molar-refractivity contribution < 1.29 is 14.5 Å². The Morgan fingerprint density at radius 3 is 2.86 bits per heavy atom. The molecule has 3 unspecified atom stereocenters. The average molecular weight is 293 g/mol. The predicted octanol–water partition coefficient (Wildman–Crippen LogP) is 1.14. The first kappa shape index (κ1) is 15.4. The fourth-order valence-electron chi connectivity index (χ4n) is 2.52. The summed E-state index contributed by atoms with van der Waals surface area (Å²) < 4.78 is 5.49. The van der Waals surface area contributed by atoms with Gasteiger partial charge in [-0.2, -0.15) is 0 Å². The number of carbonyl (C=O) groups excluding carboxylic acids is 1. The van der Waals surface area contributed by atoms with Crippen LogP contribution in [0.4, 0.5) is 5.69 Å². The fourth-order valence-corrected chi connectivity index (χ4v) is 2.52. The standard InChI is InChI=1S/C14H19N3O4/c1-3-21-12-7-10(15)13(12)16-14(18)9-5-4-6-11(8(9)2)17(19)20/h4-6,10,12-13H,3,7,15H2,1-2H3,(H,16,18). The number of carbonyl (C=O) groups is 1. The van der Waals surface area contributed by atoms with Crippen molar-refractivity contribution in [2.45, 2.75) is 38.5 Å². The monoisotopic (exact) mass is 293 g/mol. The molecule has 0 heterocycles. The molecule has 3 atom stereocenters. The summed E-state index contributed by atoms with van der Waals surface area (Å²) in [4.78, 5) is 22.7. The van der Waals surface area contributed by atoms with E-state index in [9.17, 15) is 14.9 Å². The summed E-state index contributed by atoms with van der Waals surface area (Å²) in [6, 6.07) is 4.04. The van der Waals surface area contributed by atoms with E-state index in [1.807, 2.05) is 6.92 Å². The van der Waals surface area contributed by atoms with E-state index in [0.29, 0.717) is 24.2 Å². The maximum Gasteiger partial charge on any atom is 0.273 e. The third-order valence-electron chi connectivity index (χ3n) is 3.79. The third kappa shape index (κ3) is 3.03. The van der Waals surface area contributed by atoms with Gasteiger partial charge in [-0.05, 0) is 26.3 Å². The number of nitro benzene ring substituents is 1. The molecule has 7 heteroatoms. The van der Waals surface area contributed by atoms with E-state index in [4.69, 9.17) is 10.5 Å². The van der Waals surface area contributed by atoms with Gasteiger partial charge in [0.15, 0.2) is 0 Å². The molecule has 0 spiro atoms. The van der Waals surface area contributed by atoms with Crippen molar-refractivity contribution in [2.75, 3.05) is 6.61 Å². The normalized spacial score (nSPS) is 24.2. The number of hydrogen-bond acceptors (Lipinski definition) is 5. The van der Waals surface area contributed by atoms with Crippen molar-refractivity contribution in [1.29, 1.82) is 0 Å². The second-order valence-electron chi connectivity index (χ2n) is 5.10. The molecule has 1 aromatic rings. The van der Waals surface area contributed by atoms with Crippen LogP contribution < -0.4 is 11.1 Å². The van der Waals surface area contributed by atoms with Crippen molar-refractivity contribution in [1.82, 2.24) is 5.32 Å². The molecule has 1 saturated carbocycles. The third-order valence-corrected chi connectivity index (χ3v) is 3.79. The Hall–Kier alpha value is -1.99. The number of ether oxygens (including phenoxy) is 1. The summed E-state index contributed by atoms with van der Waals surface area (Å²) in [5, 5.41) is 13.7. The Labute approximate surface area is 122 Å². The molecule has 1 amide bonds. The van der Waals surface area contributed by atoms with Crippen molar-refractivity contribution in [2.24, 2.45) is 5.73 Å². The largest absolute Gasteiger partial charge is 0.376 e. The number of nitro groups is 1. The highest BCUT2D eigenvalue weighted by Gasteiger charge is 2.40.